The molecule has 1 aromatic heterocycles. The zero-order chi connectivity index (χ0) is 14.5. The molecular weight excluding hydrogens is 386 g/mol. The van der Waals surface area contributed by atoms with E-state index in [-0.39, 0.29) is 0 Å². The lowest BCUT2D eigenvalue weighted by molar-refractivity contribution is 0.405. The summed E-state index contributed by atoms with van der Waals surface area (Å²) >= 11 is 7.01. The monoisotopic (exact) mass is 401 g/mol. The molecule has 0 atom stereocenters. The molecule has 0 saturated carbocycles. The molecule has 0 aliphatic heterocycles. The van der Waals surface area contributed by atoms with Gasteiger partial charge in [0.25, 0.3) is 0 Å². The molecule has 0 spiro atoms. The van der Waals surface area contributed by atoms with E-state index in [1.54, 1.807) is 7.11 Å². The minimum absolute atomic E-state index is 0.756. The lowest BCUT2D eigenvalue weighted by Gasteiger charge is -2.12. The number of ether oxygens (including phenoxy) is 1. The van der Waals surface area contributed by atoms with Crippen LogP contribution in [0, 0.1) is 0 Å². The molecule has 0 saturated heterocycles. The Kier molecular flexibility index (Phi) is 5.63. The van der Waals surface area contributed by atoms with Crippen LogP contribution in [0.25, 0.3) is 0 Å². The molecule has 2 aromatic rings. The number of hydrogen-bond donors (Lipinski definition) is 1. The Bertz CT molecular complexity index is 584. The predicted octanol–water partition coefficient (Wildman–Crippen LogP) is 3.29. The molecule has 0 aliphatic rings. The van der Waals surface area contributed by atoms with E-state index in [0.29, 0.717) is 0 Å². The highest BCUT2D eigenvalue weighted by molar-refractivity contribution is 9.11. The number of hydrogen-bond acceptors (Lipinski definition) is 3. The molecule has 1 aromatic carbocycles. The minimum Gasteiger partial charge on any atom is -0.495 e. The van der Waals surface area contributed by atoms with Gasteiger partial charge in [-0.2, -0.15) is 0 Å². The van der Waals surface area contributed by atoms with E-state index < -0.39 is 0 Å². The van der Waals surface area contributed by atoms with Gasteiger partial charge in [-0.1, -0.05) is 15.9 Å². The van der Waals surface area contributed by atoms with E-state index in [9.17, 15) is 0 Å². The molecule has 1 heterocycles. The summed E-state index contributed by atoms with van der Waals surface area (Å²) in [5, 5.41) is 3.42. The Balaban J connectivity index is 1.92. The summed E-state index contributed by atoms with van der Waals surface area (Å²) in [7, 11) is 3.70. The zero-order valence-electron chi connectivity index (χ0n) is 11.5. The van der Waals surface area contributed by atoms with Crippen LogP contribution in [0.2, 0.25) is 0 Å². The Morgan fingerprint density at radius 2 is 2.15 bits per heavy atom. The molecule has 0 fully saturated rings. The van der Waals surface area contributed by atoms with Crippen molar-refractivity contribution >= 4 is 31.9 Å². The third kappa shape index (κ3) is 3.84. The van der Waals surface area contributed by atoms with Gasteiger partial charge in [-0.25, -0.2) is 4.98 Å². The fourth-order valence-electron chi connectivity index (χ4n) is 2.03. The first-order valence-corrected chi connectivity index (χ1v) is 7.89. The minimum atomic E-state index is 0.756. The summed E-state index contributed by atoms with van der Waals surface area (Å²) in [6.45, 7) is 1.63. The average Bonchev–Trinajstić information content (AvgIpc) is 2.80. The summed E-state index contributed by atoms with van der Waals surface area (Å²) in [6.07, 6.45) is 4.69. The molecule has 2 rings (SSSR count). The Labute approximate surface area is 135 Å². The van der Waals surface area contributed by atoms with Gasteiger partial charge in [0.2, 0.25) is 0 Å². The summed E-state index contributed by atoms with van der Waals surface area (Å²) in [5.41, 5.74) is 1.12. The highest BCUT2D eigenvalue weighted by Crippen LogP contribution is 2.32. The van der Waals surface area contributed by atoms with Gasteiger partial charge in [0.1, 0.15) is 11.6 Å². The van der Waals surface area contributed by atoms with Gasteiger partial charge in [-0.15, -0.1) is 0 Å². The van der Waals surface area contributed by atoms with Crippen molar-refractivity contribution in [3.05, 3.63) is 44.9 Å². The second-order valence-corrected chi connectivity index (χ2v) is 6.23. The number of rotatable bonds is 6. The lowest BCUT2D eigenvalue weighted by Crippen LogP contribution is -2.18. The fourth-order valence-corrected chi connectivity index (χ4v) is 3.51. The zero-order valence-corrected chi connectivity index (χ0v) is 14.7. The largest absolute Gasteiger partial charge is 0.495 e. The van der Waals surface area contributed by atoms with Crippen molar-refractivity contribution in [1.82, 2.24) is 14.9 Å². The number of nitrogens with one attached hydrogen (secondary N) is 1. The SMILES string of the molecule is COc1c(Br)cc(Br)cc1CNCCc1nccn1C. The summed E-state index contributed by atoms with van der Waals surface area (Å²) in [6, 6.07) is 4.05. The van der Waals surface area contributed by atoms with E-state index in [2.05, 4.69) is 48.2 Å². The molecule has 4 nitrogen and oxygen atoms in total. The molecule has 0 radical (unpaired) electrons. The van der Waals surface area contributed by atoms with Gasteiger partial charge in [0, 0.05) is 49.0 Å². The van der Waals surface area contributed by atoms with E-state index in [4.69, 9.17) is 4.74 Å². The maximum atomic E-state index is 5.43. The van der Waals surface area contributed by atoms with Crippen molar-refractivity contribution in [3.63, 3.8) is 0 Å². The van der Waals surface area contributed by atoms with Crippen LogP contribution in [0.5, 0.6) is 5.75 Å². The maximum absolute atomic E-state index is 5.43. The van der Waals surface area contributed by atoms with Gasteiger partial charge in [-0.3, -0.25) is 0 Å². The van der Waals surface area contributed by atoms with Crippen LogP contribution in [-0.4, -0.2) is 23.2 Å². The van der Waals surface area contributed by atoms with E-state index >= 15 is 0 Å². The molecule has 0 aliphatic carbocycles. The molecule has 1 N–H and O–H groups in total. The first-order valence-electron chi connectivity index (χ1n) is 6.30. The fraction of sp³-hybridized carbons (Fsp3) is 0.357. The number of nitrogens with zero attached hydrogens (tertiary/aromatic N) is 2. The van der Waals surface area contributed by atoms with Crippen LogP contribution in [0.15, 0.2) is 33.5 Å². The number of methoxy groups -OCH3 is 1. The van der Waals surface area contributed by atoms with Crippen molar-refractivity contribution in [1.29, 1.82) is 0 Å². The van der Waals surface area contributed by atoms with Crippen molar-refractivity contribution < 1.29 is 4.74 Å². The summed E-state index contributed by atoms with van der Waals surface area (Å²) in [4.78, 5) is 4.31. The highest BCUT2D eigenvalue weighted by Gasteiger charge is 2.09. The number of benzene rings is 1. The number of halogens is 2. The van der Waals surface area contributed by atoms with E-state index in [1.807, 2.05) is 30.1 Å². The number of aryl methyl sites for hydroxylation is 1. The number of aromatic nitrogens is 2. The maximum Gasteiger partial charge on any atom is 0.137 e. The Morgan fingerprint density at radius 3 is 2.80 bits per heavy atom. The van der Waals surface area contributed by atoms with Crippen molar-refractivity contribution in [3.8, 4) is 5.75 Å². The Morgan fingerprint density at radius 1 is 1.35 bits per heavy atom. The van der Waals surface area contributed by atoms with Crippen molar-refractivity contribution in [2.75, 3.05) is 13.7 Å². The van der Waals surface area contributed by atoms with Crippen molar-refractivity contribution in [2.45, 2.75) is 13.0 Å². The second-order valence-electron chi connectivity index (χ2n) is 4.46. The van der Waals surface area contributed by atoms with Crippen LogP contribution >= 0.6 is 31.9 Å². The molecule has 20 heavy (non-hydrogen) atoms. The number of imidazole rings is 1. The van der Waals surface area contributed by atoms with Crippen LogP contribution < -0.4 is 10.1 Å². The third-order valence-electron chi connectivity index (χ3n) is 3.05. The normalized spacial score (nSPS) is 10.8. The topological polar surface area (TPSA) is 39.1 Å². The first-order chi connectivity index (χ1) is 9.61. The molecular formula is C14H17Br2N3O. The Hall–Kier alpha value is -0.850. The predicted molar refractivity (Wildman–Crippen MR) is 87.0 cm³/mol. The smallest absolute Gasteiger partial charge is 0.137 e. The van der Waals surface area contributed by atoms with E-state index in [1.165, 1.54) is 0 Å². The lowest BCUT2D eigenvalue weighted by atomic mass is 10.2. The van der Waals surface area contributed by atoms with Crippen LogP contribution in [0.1, 0.15) is 11.4 Å². The highest BCUT2D eigenvalue weighted by atomic mass is 79.9. The molecule has 0 amide bonds. The standard InChI is InChI=1S/C14H17Br2N3O/c1-19-6-5-18-13(19)3-4-17-9-10-7-11(15)8-12(16)14(10)20-2/h5-8,17H,3-4,9H2,1-2H3. The van der Waals surface area contributed by atoms with Gasteiger partial charge >= 0.3 is 0 Å². The molecule has 108 valence electrons. The quantitative estimate of drug-likeness (QED) is 0.753. The average molecular weight is 403 g/mol. The molecule has 0 bridgehead atoms. The van der Waals surface area contributed by atoms with Gasteiger partial charge in [0.15, 0.2) is 0 Å². The first kappa shape index (κ1) is 15.5. The summed E-state index contributed by atoms with van der Waals surface area (Å²) in [5.74, 6) is 1.96. The van der Waals surface area contributed by atoms with Gasteiger partial charge in [0.05, 0.1) is 11.6 Å². The van der Waals surface area contributed by atoms with Gasteiger partial charge in [-0.05, 0) is 28.1 Å². The van der Waals surface area contributed by atoms with Crippen molar-refractivity contribution in [2.24, 2.45) is 7.05 Å². The summed E-state index contributed by atoms with van der Waals surface area (Å²) < 4.78 is 9.46. The van der Waals surface area contributed by atoms with Gasteiger partial charge < -0.3 is 14.6 Å². The second kappa shape index (κ2) is 7.24. The molecule has 6 heteroatoms. The third-order valence-corrected chi connectivity index (χ3v) is 4.10. The molecule has 0 unspecified atom stereocenters. The van der Waals surface area contributed by atoms with Crippen LogP contribution in [0.3, 0.4) is 0 Å². The van der Waals surface area contributed by atoms with Crippen LogP contribution in [0.4, 0.5) is 0 Å². The van der Waals surface area contributed by atoms with E-state index in [0.717, 1.165) is 45.6 Å². The van der Waals surface area contributed by atoms with Crippen LogP contribution in [-0.2, 0) is 20.0 Å².